The van der Waals surface area contributed by atoms with Crippen molar-refractivity contribution >= 4 is 5.91 Å². The highest BCUT2D eigenvalue weighted by Gasteiger charge is 2.47. The van der Waals surface area contributed by atoms with Crippen molar-refractivity contribution < 1.29 is 19.0 Å². The van der Waals surface area contributed by atoms with E-state index in [1.807, 2.05) is 34.8 Å². The van der Waals surface area contributed by atoms with Gasteiger partial charge >= 0.3 is 0 Å². The van der Waals surface area contributed by atoms with Crippen LogP contribution < -0.4 is 9.47 Å². The maximum atomic E-state index is 13.0. The van der Waals surface area contributed by atoms with Crippen LogP contribution in [-0.2, 0) is 22.6 Å². The third kappa shape index (κ3) is 4.76. The number of benzene rings is 1. The fourth-order valence-electron chi connectivity index (χ4n) is 5.02. The second-order valence-electron chi connectivity index (χ2n) is 8.90. The van der Waals surface area contributed by atoms with Crippen molar-refractivity contribution in [3.05, 3.63) is 42.5 Å². The Morgan fingerprint density at radius 1 is 1.22 bits per heavy atom. The molecule has 32 heavy (non-hydrogen) atoms. The minimum absolute atomic E-state index is 0.123. The zero-order valence-electron chi connectivity index (χ0n) is 19.3. The van der Waals surface area contributed by atoms with Crippen molar-refractivity contribution in [1.82, 2.24) is 19.4 Å². The maximum Gasteiger partial charge on any atom is 0.228 e. The van der Waals surface area contributed by atoms with Crippen LogP contribution in [0.3, 0.4) is 0 Å². The van der Waals surface area contributed by atoms with Crippen LogP contribution >= 0.6 is 0 Å². The highest BCUT2D eigenvalue weighted by atomic mass is 16.5. The third-order valence-corrected chi connectivity index (χ3v) is 6.87. The number of likely N-dealkylation sites (N-methyl/N-ethyl adjacent to an activating group) is 1. The molecule has 1 aromatic carbocycles. The molecule has 0 bridgehead atoms. The van der Waals surface area contributed by atoms with Crippen LogP contribution in [-0.4, -0.2) is 78.9 Å². The Labute approximate surface area is 190 Å². The molecule has 0 N–H and O–H groups in total. The summed E-state index contributed by atoms with van der Waals surface area (Å²) in [5, 5.41) is 0. The predicted molar refractivity (Wildman–Crippen MR) is 121 cm³/mol. The van der Waals surface area contributed by atoms with E-state index in [9.17, 15) is 4.79 Å². The third-order valence-electron chi connectivity index (χ3n) is 6.87. The van der Waals surface area contributed by atoms with Crippen LogP contribution in [0, 0.1) is 5.41 Å². The predicted octanol–water partition coefficient (Wildman–Crippen LogP) is 2.43. The van der Waals surface area contributed by atoms with Gasteiger partial charge in [-0.15, -0.1) is 0 Å². The molecule has 1 aromatic heterocycles. The van der Waals surface area contributed by atoms with Gasteiger partial charge < -0.3 is 23.7 Å². The first-order valence-electron chi connectivity index (χ1n) is 11.3. The molecule has 0 radical (unpaired) electrons. The van der Waals surface area contributed by atoms with Gasteiger partial charge in [-0.2, -0.15) is 0 Å². The lowest BCUT2D eigenvalue weighted by Gasteiger charge is -2.47. The van der Waals surface area contributed by atoms with Crippen molar-refractivity contribution in [3.63, 3.8) is 0 Å². The van der Waals surface area contributed by atoms with Gasteiger partial charge in [-0.05, 0) is 38.4 Å². The zero-order valence-corrected chi connectivity index (χ0v) is 19.3. The molecule has 174 valence electrons. The molecule has 8 nitrogen and oxygen atoms in total. The van der Waals surface area contributed by atoms with Gasteiger partial charge in [0.1, 0.15) is 6.61 Å². The number of aromatic nitrogens is 2. The molecule has 2 saturated heterocycles. The van der Waals surface area contributed by atoms with Crippen LogP contribution in [0.4, 0.5) is 0 Å². The van der Waals surface area contributed by atoms with E-state index < -0.39 is 0 Å². The Hall–Kier alpha value is -2.58. The summed E-state index contributed by atoms with van der Waals surface area (Å²) in [5.41, 5.74) is 0.815. The normalized spacial score (nSPS) is 21.2. The smallest absolute Gasteiger partial charge is 0.228 e. The van der Waals surface area contributed by atoms with E-state index in [2.05, 4.69) is 16.0 Å². The number of methoxy groups -OCH3 is 2. The summed E-state index contributed by atoms with van der Waals surface area (Å²) in [6.45, 7) is 4.46. The SMILES string of the molecule is COc1cccc(CN2CCC3(CC2)CC(OC)CN(C)C3=O)c1OCCn1ccnc1. The Balaban J connectivity index is 1.40. The highest BCUT2D eigenvalue weighted by molar-refractivity contribution is 5.83. The van der Waals surface area contributed by atoms with Gasteiger partial charge in [0.2, 0.25) is 5.91 Å². The lowest BCUT2D eigenvalue weighted by molar-refractivity contribution is -0.156. The molecule has 1 spiro atoms. The molecule has 2 aliphatic heterocycles. The molecule has 0 aliphatic carbocycles. The molecular weight excluding hydrogens is 408 g/mol. The van der Waals surface area contributed by atoms with Crippen molar-refractivity contribution in [2.75, 3.05) is 47.5 Å². The van der Waals surface area contributed by atoms with Gasteiger partial charge in [0, 0.05) is 45.2 Å². The summed E-state index contributed by atoms with van der Waals surface area (Å²) in [6, 6.07) is 6.04. The van der Waals surface area contributed by atoms with E-state index in [0.29, 0.717) is 13.2 Å². The van der Waals surface area contributed by atoms with Gasteiger partial charge in [0.15, 0.2) is 11.5 Å². The number of piperidine rings is 2. The van der Waals surface area contributed by atoms with Gasteiger partial charge in [-0.1, -0.05) is 12.1 Å². The Morgan fingerprint density at radius 3 is 2.72 bits per heavy atom. The number of amides is 1. The van der Waals surface area contributed by atoms with E-state index in [-0.39, 0.29) is 17.4 Å². The average molecular weight is 443 g/mol. The molecular formula is C24H34N4O4. The summed E-state index contributed by atoms with van der Waals surface area (Å²) in [7, 11) is 5.31. The second kappa shape index (κ2) is 9.92. The lowest BCUT2D eigenvalue weighted by Crippen LogP contribution is -2.56. The molecule has 0 saturated carbocycles. The van der Waals surface area contributed by atoms with Crippen molar-refractivity contribution in [2.45, 2.75) is 38.5 Å². The van der Waals surface area contributed by atoms with Gasteiger partial charge in [-0.3, -0.25) is 9.69 Å². The van der Waals surface area contributed by atoms with Gasteiger partial charge in [0.05, 0.1) is 31.5 Å². The van der Waals surface area contributed by atoms with Gasteiger partial charge in [0.25, 0.3) is 0 Å². The number of carbonyl (C=O) groups is 1. The molecule has 4 rings (SSSR count). The molecule has 2 fully saturated rings. The van der Waals surface area contributed by atoms with Crippen LogP contribution in [0.15, 0.2) is 36.9 Å². The number of nitrogens with zero attached hydrogens (tertiary/aromatic N) is 4. The van der Waals surface area contributed by atoms with E-state index in [1.165, 1.54) is 0 Å². The minimum Gasteiger partial charge on any atom is -0.493 e. The lowest BCUT2D eigenvalue weighted by atomic mass is 9.71. The summed E-state index contributed by atoms with van der Waals surface area (Å²) in [4.78, 5) is 21.3. The number of hydrogen-bond acceptors (Lipinski definition) is 6. The molecule has 1 atom stereocenters. The standard InChI is InChI=1S/C24H34N4O4/c1-26-17-20(30-2)15-24(23(26)29)7-10-27(11-8-24)16-19-5-4-6-21(31-3)22(19)32-14-13-28-12-9-25-18-28/h4-6,9,12,18,20H,7-8,10-11,13-17H2,1-3H3. The van der Waals surface area contributed by atoms with E-state index in [4.69, 9.17) is 14.2 Å². The maximum absolute atomic E-state index is 13.0. The molecule has 3 heterocycles. The summed E-state index contributed by atoms with van der Waals surface area (Å²) in [5.74, 6) is 1.81. The van der Waals surface area contributed by atoms with Crippen LogP contribution in [0.5, 0.6) is 11.5 Å². The monoisotopic (exact) mass is 442 g/mol. The van der Waals surface area contributed by atoms with Crippen LogP contribution in [0.25, 0.3) is 0 Å². The molecule has 1 unspecified atom stereocenters. The first-order valence-corrected chi connectivity index (χ1v) is 11.3. The number of rotatable bonds is 8. The minimum atomic E-state index is -0.289. The summed E-state index contributed by atoms with van der Waals surface area (Å²) in [6.07, 6.45) is 8.14. The number of hydrogen-bond donors (Lipinski definition) is 0. The van der Waals surface area contributed by atoms with Crippen LogP contribution in [0.2, 0.25) is 0 Å². The first-order chi connectivity index (χ1) is 15.5. The number of imidazole rings is 1. The molecule has 2 aliphatic rings. The van der Waals surface area contributed by atoms with Crippen LogP contribution in [0.1, 0.15) is 24.8 Å². The molecule has 1 amide bonds. The number of para-hydroxylation sites is 1. The van der Waals surface area contributed by atoms with Crippen molar-refractivity contribution in [1.29, 1.82) is 0 Å². The second-order valence-corrected chi connectivity index (χ2v) is 8.90. The number of carbonyl (C=O) groups excluding carboxylic acids is 1. The Kier molecular flexibility index (Phi) is 7.01. The van der Waals surface area contributed by atoms with Crippen molar-refractivity contribution in [3.8, 4) is 11.5 Å². The first kappa shape index (κ1) is 22.6. The Bertz CT molecular complexity index is 893. The Morgan fingerprint density at radius 2 is 2.03 bits per heavy atom. The zero-order chi connectivity index (χ0) is 22.6. The molecule has 2 aromatic rings. The topological polar surface area (TPSA) is 69.1 Å². The molecule has 8 heteroatoms. The van der Waals surface area contributed by atoms with Crippen molar-refractivity contribution in [2.24, 2.45) is 5.41 Å². The van der Waals surface area contributed by atoms with E-state index in [0.717, 1.165) is 62.5 Å². The summed E-state index contributed by atoms with van der Waals surface area (Å²) >= 11 is 0. The number of likely N-dealkylation sites (tertiary alicyclic amines) is 2. The largest absolute Gasteiger partial charge is 0.493 e. The average Bonchev–Trinajstić information content (AvgIpc) is 3.33. The van der Waals surface area contributed by atoms with Gasteiger partial charge in [-0.25, -0.2) is 4.98 Å². The van der Waals surface area contributed by atoms with E-state index >= 15 is 0 Å². The highest BCUT2D eigenvalue weighted by Crippen LogP contribution is 2.42. The fraction of sp³-hybridized carbons (Fsp3) is 0.583. The fourth-order valence-corrected chi connectivity index (χ4v) is 5.02. The summed E-state index contributed by atoms with van der Waals surface area (Å²) < 4.78 is 19.4. The quantitative estimate of drug-likeness (QED) is 0.626. The van der Waals surface area contributed by atoms with E-state index in [1.54, 1.807) is 26.7 Å². The number of ether oxygens (including phenoxy) is 3.